The van der Waals surface area contributed by atoms with E-state index in [9.17, 15) is 5.26 Å². The van der Waals surface area contributed by atoms with Crippen molar-refractivity contribution in [3.8, 4) is 6.07 Å². The van der Waals surface area contributed by atoms with Crippen molar-refractivity contribution in [1.29, 1.82) is 5.26 Å². The molecule has 3 fully saturated rings. The topological polar surface area (TPSA) is 48.7 Å². The van der Waals surface area contributed by atoms with Gasteiger partial charge in [-0.3, -0.25) is 9.74 Å². The van der Waals surface area contributed by atoms with Gasteiger partial charge in [0, 0.05) is 36.0 Å². The van der Waals surface area contributed by atoms with E-state index >= 15 is 0 Å². The summed E-state index contributed by atoms with van der Waals surface area (Å²) in [7, 11) is 0. The number of piperidine rings is 1. The average Bonchev–Trinajstić information content (AvgIpc) is 3.33. The molecule has 5 nitrogen and oxygen atoms in total. The minimum Gasteiger partial charge on any atom is -0.379 e. The maximum absolute atomic E-state index is 10.2. The molecule has 27 heavy (non-hydrogen) atoms. The highest BCUT2D eigenvalue weighted by atomic mass is 16.7. The second kappa shape index (κ2) is 7.99. The third-order valence-electron chi connectivity index (χ3n) is 7.17. The van der Waals surface area contributed by atoms with Gasteiger partial charge >= 0.3 is 0 Å². The molecule has 0 spiro atoms. The number of hydroxylamine groups is 2. The number of nitrogens with zero attached hydrogens (tertiary/aromatic N) is 3. The third kappa shape index (κ3) is 3.44. The minimum atomic E-state index is -0.350. The minimum absolute atomic E-state index is 0.135. The highest BCUT2D eigenvalue weighted by Gasteiger charge is 2.84. The van der Waals surface area contributed by atoms with Gasteiger partial charge in [0.1, 0.15) is 5.54 Å². The van der Waals surface area contributed by atoms with E-state index in [4.69, 9.17) is 9.57 Å². The Morgan fingerprint density at radius 2 is 1.52 bits per heavy atom. The van der Waals surface area contributed by atoms with Crippen LogP contribution in [0, 0.1) is 23.2 Å². The Morgan fingerprint density at radius 3 is 2.07 bits per heavy atom. The number of hydrogen-bond acceptors (Lipinski definition) is 5. The predicted octanol–water partition coefficient (Wildman–Crippen LogP) is 3.99. The van der Waals surface area contributed by atoms with Crippen LogP contribution in [0.15, 0.2) is 0 Å². The third-order valence-corrected chi connectivity index (χ3v) is 7.17. The first-order valence-corrected chi connectivity index (χ1v) is 11.0. The van der Waals surface area contributed by atoms with Gasteiger partial charge in [0.2, 0.25) is 0 Å². The zero-order chi connectivity index (χ0) is 19.7. The summed E-state index contributed by atoms with van der Waals surface area (Å²) in [5.41, 5.74) is -0.619. The van der Waals surface area contributed by atoms with Gasteiger partial charge in [-0.1, -0.05) is 39.0 Å². The van der Waals surface area contributed by atoms with E-state index in [1.165, 1.54) is 32.1 Å². The molecule has 3 aliphatic rings. The van der Waals surface area contributed by atoms with E-state index in [-0.39, 0.29) is 16.6 Å². The van der Waals surface area contributed by atoms with Crippen LogP contribution in [0.4, 0.5) is 0 Å². The Labute approximate surface area is 165 Å². The van der Waals surface area contributed by atoms with Crippen molar-refractivity contribution in [1.82, 2.24) is 9.96 Å². The van der Waals surface area contributed by atoms with E-state index in [1.807, 2.05) is 0 Å². The van der Waals surface area contributed by atoms with Crippen LogP contribution in [-0.2, 0) is 9.57 Å². The van der Waals surface area contributed by atoms with Gasteiger partial charge < -0.3 is 4.74 Å². The molecule has 154 valence electrons. The first-order valence-electron chi connectivity index (χ1n) is 11.0. The first-order chi connectivity index (χ1) is 12.8. The summed E-state index contributed by atoms with van der Waals surface area (Å²) < 4.78 is 5.53. The zero-order valence-corrected chi connectivity index (χ0v) is 18.1. The molecule has 0 radical (unpaired) electrons. The number of rotatable bonds is 9. The molecule has 0 aromatic rings. The summed E-state index contributed by atoms with van der Waals surface area (Å²) in [6.07, 6.45) is 7.65. The number of nitriles is 1. The summed E-state index contributed by atoms with van der Waals surface area (Å²) in [5, 5.41) is 12.4. The molecule has 2 heterocycles. The Balaban J connectivity index is 1.61. The molecule has 0 N–H and O–H groups in total. The summed E-state index contributed by atoms with van der Waals surface area (Å²) in [4.78, 5) is 8.74. The predicted molar refractivity (Wildman–Crippen MR) is 107 cm³/mol. The molecule has 0 bridgehead atoms. The van der Waals surface area contributed by atoms with E-state index < -0.39 is 0 Å². The molecular weight excluding hydrogens is 338 g/mol. The zero-order valence-electron chi connectivity index (χ0n) is 18.1. The van der Waals surface area contributed by atoms with Gasteiger partial charge in [-0.15, -0.1) is 0 Å². The molecule has 1 aliphatic carbocycles. The van der Waals surface area contributed by atoms with Gasteiger partial charge in [0.05, 0.1) is 25.9 Å². The van der Waals surface area contributed by atoms with Crippen molar-refractivity contribution in [2.75, 3.05) is 32.9 Å². The van der Waals surface area contributed by atoms with Crippen molar-refractivity contribution in [2.45, 2.75) is 89.8 Å². The van der Waals surface area contributed by atoms with Crippen LogP contribution in [0.5, 0.6) is 0 Å². The second-order valence-corrected chi connectivity index (χ2v) is 9.69. The van der Waals surface area contributed by atoms with Crippen LogP contribution < -0.4 is 0 Å². The van der Waals surface area contributed by atoms with E-state index in [2.05, 4.69) is 50.7 Å². The van der Waals surface area contributed by atoms with Gasteiger partial charge in [0.15, 0.2) is 0 Å². The maximum atomic E-state index is 10.2. The number of fused-ring (bicyclic) bond motifs is 1. The summed E-state index contributed by atoms with van der Waals surface area (Å²) >= 11 is 0. The van der Waals surface area contributed by atoms with Gasteiger partial charge in [-0.25, -0.2) is 0 Å². The molecule has 2 aliphatic heterocycles. The highest BCUT2D eigenvalue weighted by Crippen LogP contribution is 2.71. The lowest BCUT2D eigenvalue weighted by atomic mass is 9.90. The fourth-order valence-electron chi connectivity index (χ4n) is 6.17. The first kappa shape index (κ1) is 21.0. The van der Waals surface area contributed by atoms with Crippen molar-refractivity contribution < 1.29 is 9.57 Å². The smallest absolute Gasteiger partial charge is 0.119 e. The lowest BCUT2D eigenvalue weighted by molar-refractivity contribution is -0.260. The quantitative estimate of drug-likeness (QED) is 0.569. The Morgan fingerprint density at radius 1 is 0.963 bits per heavy atom. The van der Waals surface area contributed by atoms with Crippen molar-refractivity contribution in [3.63, 3.8) is 0 Å². The van der Waals surface area contributed by atoms with Crippen molar-refractivity contribution in [3.05, 3.63) is 0 Å². The molecular formula is C22H39N3O2. The fraction of sp³-hybridized carbons (Fsp3) is 0.955. The highest BCUT2D eigenvalue weighted by molar-refractivity contribution is 5.41. The van der Waals surface area contributed by atoms with Crippen LogP contribution in [0.25, 0.3) is 0 Å². The van der Waals surface area contributed by atoms with Crippen LogP contribution in [0.2, 0.25) is 0 Å². The molecule has 3 rings (SSSR count). The van der Waals surface area contributed by atoms with E-state index in [0.29, 0.717) is 11.8 Å². The number of morpholine rings is 1. The number of hydrogen-bond donors (Lipinski definition) is 0. The molecule has 2 unspecified atom stereocenters. The normalized spacial score (nSPS) is 35.0. The van der Waals surface area contributed by atoms with E-state index in [1.54, 1.807) is 0 Å². The Bertz CT molecular complexity index is 526. The van der Waals surface area contributed by atoms with Crippen LogP contribution in [-0.4, -0.2) is 59.5 Å². The van der Waals surface area contributed by atoms with Gasteiger partial charge in [-0.2, -0.15) is 10.3 Å². The molecule has 2 saturated heterocycles. The average molecular weight is 378 g/mol. The summed E-state index contributed by atoms with van der Waals surface area (Å²) in [6.45, 7) is 15.3. The SMILES string of the molecule is CCCCCCCCON1C(C)(C)C2C(C1(C)C)C2(C#N)N1CCOCC1. The monoisotopic (exact) mass is 377 g/mol. The maximum Gasteiger partial charge on any atom is 0.119 e. The van der Waals surface area contributed by atoms with Gasteiger partial charge in [0.25, 0.3) is 0 Å². The number of ether oxygens (including phenoxy) is 1. The van der Waals surface area contributed by atoms with Crippen LogP contribution >= 0.6 is 0 Å². The molecule has 2 atom stereocenters. The Kier molecular flexibility index (Phi) is 6.23. The van der Waals surface area contributed by atoms with Crippen LogP contribution in [0.3, 0.4) is 0 Å². The van der Waals surface area contributed by atoms with Crippen LogP contribution in [0.1, 0.15) is 73.1 Å². The molecule has 1 saturated carbocycles. The fourth-order valence-corrected chi connectivity index (χ4v) is 6.17. The largest absolute Gasteiger partial charge is 0.379 e. The second-order valence-electron chi connectivity index (χ2n) is 9.69. The lowest BCUT2D eigenvalue weighted by Gasteiger charge is -2.47. The molecule has 0 aromatic heterocycles. The van der Waals surface area contributed by atoms with Crippen molar-refractivity contribution in [2.24, 2.45) is 11.8 Å². The Hall–Kier alpha value is -0.670. The standard InChI is InChI=1S/C22H39N3O2/c1-6-7-8-9-10-11-14-27-25-20(2,3)18-19(21(25,4)5)22(18,17-23)24-12-15-26-16-13-24/h18-19H,6-16H2,1-5H3. The molecule has 5 heteroatoms. The van der Waals surface area contributed by atoms with Gasteiger partial charge in [-0.05, 0) is 34.1 Å². The number of unbranched alkanes of at least 4 members (excludes halogenated alkanes) is 5. The van der Waals surface area contributed by atoms with Crippen molar-refractivity contribution >= 4 is 0 Å². The molecule has 0 aromatic carbocycles. The molecule has 0 amide bonds. The summed E-state index contributed by atoms with van der Waals surface area (Å²) in [5.74, 6) is 0.653. The van der Waals surface area contributed by atoms with E-state index in [0.717, 1.165) is 39.3 Å². The lowest BCUT2D eigenvalue weighted by Crippen LogP contribution is -2.60. The summed E-state index contributed by atoms with van der Waals surface area (Å²) in [6, 6.07) is 2.74.